The molecule has 6 nitrogen and oxygen atoms in total. The maximum atomic E-state index is 13.2. The zero-order chi connectivity index (χ0) is 21.5. The average molecular weight is 423 g/mol. The number of amides is 2. The third kappa shape index (κ3) is 3.52. The zero-order valence-corrected chi connectivity index (χ0v) is 17.8. The Morgan fingerprint density at radius 2 is 1.71 bits per heavy atom. The van der Waals surface area contributed by atoms with Gasteiger partial charge in [-0.2, -0.15) is 0 Å². The number of hydrogen-bond acceptors (Lipinski definition) is 4. The Balaban J connectivity index is 1.31. The number of hydrogen-bond donors (Lipinski definition) is 0. The lowest BCUT2D eigenvalue weighted by Gasteiger charge is -2.46. The molecular formula is C24H27FN4O2. The average Bonchev–Trinajstić information content (AvgIpc) is 2.82. The van der Waals surface area contributed by atoms with Crippen LogP contribution in [0.2, 0.25) is 0 Å². The SMILES string of the molecule is CN1c2cc(C(=O)N3CCN(c4ccc(F)cc4)CC3)ccc2C(=O)N2CCCCC21. The molecule has 162 valence electrons. The Kier molecular flexibility index (Phi) is 5.04. The molecule has 0 N–H and O–H groups in total. The number of carbonyl (C=O) groups is 2. The van der Waals surface area contributed by atoms with E-state index in [0.717, 1.165) is 37.2 Å². The van der Waals surface area contributed by atoms with E-state index in [-0.39, 0.29) is 23.8 Å². The first kappa shape index (κ1) is 19.8. The number of piperazine rings is 1. The molecule has 1 unspecified atom stereocenters. The molecule has 3 heterocycles. The van der Waals surface area contributed by atoms with Crippen LogP contribution in [-0.2, 0) is 0 Å². The predicted octanol–water partition coefficient (Wildman–Crippen LogP) is 3.19. The van der Waals surface area contributed by atoms with Crippen LogP contribution in [0.1, 0.15) is 40.0 Å². The van der Waals surface area contributed by atoms with E-state index in [1.165, 1.54) is 12.1 Å². The van der Waals surface area contributed by atoms with Gasteiger partial charge in [-0.1, -0.05) is 0 Å². The third-order valence-electron chi connectivity index (χ3n) is 6.79. The lowest BCUT2D eigenvalue weighted by Crippen LogP contribution is -2.56. The quantitative estimate of drug-likeness (QED) is 0.746. The minimum atomic E-state index is -0.246. The van der Waals surface area contributed by atoms with Gasteiger partial charge in [0.1, 0.15) is 12.0 Å². The van der Waals surface area contributed by atoms with Gasteiger partial charge in [0.05, 0.1) is 11.3 Å². The zero-order valence-electron chi connectivity index (χ0n) is 17.8. The van der Waals surface area contributed by atoms with Crippen molar-refractivity contribution in [1.29, 1.82) is 0 Å². The van der Waals surface area contributed by atoms with Crippen LogP contribution >= 0.6 is 0 Å². The smallest absolute Gasteiger partial charge is 0.257 e. The highest BCUT2D eigenvalue weighted by Gasteiger charge is 2.37. The summed E-state index contributed by atoms with van der Waals surface area (Å²) in [7, 11) is 2.02. The molecule has 0 bridgehead atoms. The van der Waals surface area contributed by atoms with E-state index in [1.54, 1.807) is 24.3 Å². The topological polar surface area (TPSA) is 47.1 Å². The fourth-order valence-electron chi connectivity index (χ4n) is 5.01. The largest absolute Gasteiger partial charge is 0.368 e. The van der Waals surface area contributed by atoms with Gasteiger partial charge >= 0.3 is 0 Å². The van der Waals surface area contributed by atoms with Crippen molar-refractivity contribution in [3.63, 3.8) is 0 Å². The van der Waals surface area contributed by atoms with E-state index in [2.05, 4.69) is 9.80 Å². The molecular weight excluding hydrogens is 395 g/mol. The van der Waals surface area contributed by atoms with Gasteiger partial charge in [0.15, 0.2) is 0 Å². The van der Waals surface area contributed by atoms with Gasteiger partial charge in [-0.15, -0.1) is 0 Å². The fourth-order valence-corrected chi connectivity index (χ4v) is 5.01. The molecule has 0 radical (unpaired) electrons. The van der Waals surface area contributed by atoms with Crippen LogP contribution in [0.5, 0.6) is 0 Å². The summed E-state index contributed by atoms with van der Waals surface area (Å²) in [4.78, 5) is 34.3. The Hall–Kier alpha value is -3.09. The number of piperidine rings is 1. The van der Waals surface area contributed by atoms with Crippen molar-refractivity contribution in [3.05, 3.63) is 59.4 Å². The normalized spacial score (nSPS) is 21.1. The van der Waals surface area contributed by atoms with Crippen LogP contribution < -0.4 is 9.80 Å². The number of benzene rings is 2. The van der Waals surface area contributed by atoms with Crippen LogP contribution in [0, 0.1) is 5.82 Å². The first-order valence-electron chi connectivity index (χ1n) is 11.0. The second-order valence-corrected chi connectivity index (χ2v) is 8.57. The molecule has 2 saturated heterocycles. The number of carbonyl (C=O) groups excluding carboxylic acids is 2. The van der Waals surface area contributed by atoms with Gasteiger partial charge in [-0.3, -0.25) is 9.59 Å². The van der Waals surface area contributed by atoms with Gasteiger partial charge in [0.25, 0.3) is 11.8 Å². The molecule has 2 fully saturated rings. The molecule has 7 heteroatoms. The molecule has 3 aliphatic heterocycles. The van der Waals surface area contributed by atoms with Crippen LogP contribution in [0.25, 0.3) is 0 Å². The number of rotatable bonds is 2. The Morgan fingerprint density at radius 3 is 2.45 bits per heavy atom. The first-order valence-corrected chi connectivity index (χ1v) is 11.0. The lowest BCUT2D eigenvalue weighted by molar-refractivity contribution is 0.0588. The van der Waals surface area contributed by atoms with E-state index in [1.807, 2.05) is 22.9 Å². The summed E-state index contributed by atoms with van der Waals surface area (Å²) in [6.07, 6.45) is 3.21. The molecule has 2 aromatic carbocycles. The van der Waals surface area contributed by atoms with Crippen molar-refractivity contribution in [2.24, 2.45) is 0 Å². The number of anilines is 2. The van der Waals surface area contributed by atoms with Crippen LogP contribution in [-0.4, -0.2) is 67.6 Å². The number of nitrogens with zero attached hydrogens (tertiary/aromatic N) is 4. The van der Waals surface area contributed by atoms with Crippen LogP contribution in [0.15, 0.2) is 42.5 Å². The molecule has 0 spiro atoms. The molecule has 0 aliphatic carbocycles. The number of halogens is 1. The van der Waals surface area contributed by atoms with E-state index in [0.29, 0.717) is 37.3 Å². The maximum Gasteiger partial charge on any atom is 0.257 e. The molecule has 0 saturated carbocycles. The van der Waals surface area contributed by atoms with Crippen LogP contribution in [0.3, 0.4) is 0 Å². The molecule has 2 amide bonds. The predicted molar refractivity (Wildman–Crippen MR) is 118 cm³/mol. The summed E-state index contributed by atoms with van der Waals surface area (Å²) in [5.41, 5.74) is 3.12. The Bertz CT molecular complexity index is 1000. The van der Waals surface area contributed by atoms with Crippen LogP contribution in [0.4, 0.5) is 15.8 Å². The van der Waals surface area contributed by atoms with Gasteiger partial charge in [0.2, 0.25) is 0 Å². The van der Waals surface area contributed by atoms with E-state index in [9.17, 15) is 14.0 Å². The molecule has 1 atom stereocenters. The molecule has 2 aromatic rings. The van der Waals surface area contributed by atoms with Gasteiger partial charge < -0.3 is 19.6 Å². The summed E-state index contributed by atoms with van der Waals surface area (Å²) < 4.78 is 13.2. The minimum Gasteiger partial charge on any atom is -0.368 e. The summed E-state index contributed by atoms with van der Waals surface area (Å²) in [6, 6.07) is 11.9. The van der Waals surface area contributed by atoms with Crippen molar-refractivity contribution in [2.45, 2.75) is 25.4 Å². The maximum absolute atomic E-state index is 13.2. The van der Waals surface area contributed by atoms with Gasteiger partial charge in [-0.05, 0) is 61.7 Å². The highest BCUT2D eigenvalue weighted by atomic mass is 19.1. The molecule has 31 heavy (non-hydrogen) atoms. The molecule has 0 aromatic heterocycles. The first-order chi connectivity index (χ1) is 15.0. The highest BCUT2D eigenvalue weighted by molar-refractivity contribution is 6.04. The van der Waals surface area contributed by atoms with Crippen molar-refractivity contribution in [3.8, 4) is 0 Å². The van der Waals surface area contributed by atoms with Gasteiger partial charge in [0, 0.05) is 51.0 Å². The molecule has 3 aliphatic rings. The van der Waals surface area contributed by atoms with Crippen molar-refractivity contribution in [2.75, 3.05) is 49.6 Å². The number of fused-ring (bicyclic) bond motifs is 2. The Morgan fingerprint density at radius 1 is 0.968 bits per heavy atom. The monoisotopic (exact) mass is 422 g/mol. The van der Waals surface area contributed by atoms with Crippen molar-refractivity contribution >= 4 is 23.2 Å². The highest BCUT2D eigenvalue weighted by Crippen LogP contribution is 2.35. The second kappa shape index (κ2) is 7.87. The third-order valence-corrected chi connectivity index (χ3v) is 6.79. The van der Waals surface area contributed by atoms with E-state index in [4.69, 9.17) is 0 Å². The summed E-state index contributed by atoms with van der Waals surface area (Å²) in [5.74, 6) is -0.178. The second-order valence-electron chi connectivity index (χ2n) is 8.57. The molecule has 5 rings (SSSR count). The van der Waals surface area contributed by atoms with Crippen molar-refractivity contribution in [1.82, 2.24) is 9.80 Å². The summed E-state index contributed by atoms with van der Waals surface area (Å²) in [5, 5.41) is 0. The minimum absolute atomic E-state index is 0.00604. The summed E-state index contributed by atoms with van der Waals surface area (Å²) >= 11 is 0. The lowest BCUT2D eigenvalue weighted by atomic mass is 9.97. The van der Waals surface area contributed by atoms with E-state index < -0.39 is 0 Å². The Labute approximate surface area is 181 Å². The van der Waals surface area contributed by atoms with Crippen molar-refractivity contribution < 1.29 is 14.0 Å². The fraction of sp³-hybridized carbons (Fsp3) is 0.417. The summed E-state index contributed by atoms with van der Waals surface area (Å²) in [6.45, 7) is 3.43. The standard InChI is InChI=1S/C24H27FN4O2/c1-26-21-16-17(5-10-20(21)24(31)29-11-3-2-4-22(26)29)23(30)28-14-12-27(13-15-28)19-8-6-18(25)7-9-19/h5-10,16,22H,2-4,11-15H2,1H3. The van der Waals surface area contributed by atoms with E-state index >= 15 is 0 Å². The van der Waals surface area contributed by atoms with Gasteiger partial charge in [-0.25, -0.2) is 4.39 Å².